The normalized spacial score (nSPS) is 25.1. The number of hydrogen-bond acceptors (Lipinski definition) is 4. The highest BCUT2D eigenvalue weighted by molar-refractivity contribution is 5.28. The molecule has 2 aliphatic rings. The third kappa shape index (κ3) is 2.06. The van der Waals surface area contributed by atoms with Gasteiger partial charge in [0.1, 0.15) is 0 Å². The van der Waals surface area contributed by atoms with E-state index in [0.717, 1.165) is 44.8 Å². The van der Waals surface area contributed by atoms with Crippen molar-refractivity contribution in [2.45, 2.75) is 38.5 Å². The summed E-state index contributed by atoms with van der Waals surface area (Å²) in [5, 5.41) is 13.8. The van der Waals surface area contributed by atoms with E-state index in [4.69, 9.17) is 4.74 Å². The van der Waals surface area contributed by atoms with Gasteiger partial charge >= 0.3 is 0 Å². The molecule has 0 amide bonds. The number of aromatic nitrogens is 2. The van der Waals surface area contributed by atoms with Crippen LogP contribution in [0.4, 0.5) is 0 Å². The second-order valence-corrected chi connectivity index (χ2v) is 5.25. The molecule has 1 fully saturated rings. The first-order valence-corrected chi connectivity index (χ1v) is 6.76. The highest BCUT2D eigenvalue weighted by Gasteiger charge is 2.28. The van der Waals surface area contributed by atoms with Crippen molar-refractivity contribution < 1.29 is 9.84 Å². The Hall–Kier alpha value is -0.910. The van der Waals surface area contributed by atoms with Crippen molar-refractivity contribution in [2.75, 3.05) is 19.8 Å². The first kappa shape index (κ1) is 12.1. The molecule has 0 spiro atoms. The molecule has 5 heteroatoms. The van der Waals surface area contributed by atoms with E-state index in [0.29, 0.717) is 6.04 Å². The van der Waals surface area contributed by atoms with Crippen LogP contribution in [0.5, 0.6) is 0 Å². The fourth-order valence-electron chi connectivity index (χ4n) is 3.14. The molecule has 100 valence electrons. The van der Waals surface area contributed by atoms with Crippen LogP contribution in [0.1, 0.15) is 29.8 Å². The second-order valence-electron chi connectivity index (χ2n) is 5.25. The number of aliphatic hydroxyl groups excluding tert-OH is 1. The first-order valence-electron chi connectivity index (χ1n) is 6.76. The SMILES string of the molecule is Cn1nc(CO)c2c1CCN([C@H]1CCCOC1)C2. The van der Waals surface area contributed by atoms with E-state index in [1.807, 2.05) is 11.7 Å². The Morgan fingerprint density at radius 1 is 1.50 bits per heavy atom. The lowest BCUT2D eigenvalue weighted by atomic mass is 10.0. The van der Waals surface area contributed by atoms with Crippen LogP contribution in [-0.4, -0.2) is 45.6 Å². The molecule has 2 aliphatic heterocycles. The molecule has 0 unspecified atom stereocenters. The van der Waals surface area contributed by atoms with E-state index in [1.54, 1.807) is 0 Å². The van der Waals surface area contributed by atoms with Gasteiger partial charge in [0.15, 0.2) is 0 Å². The fourth-order valence-corrected chi connectivity index (χ4v) is 3.14. The van der Waals surface area contributed by atoms with Crippen LogP contribution in [0, 0.1) is 0 Å². The van der Waals surface area contributed by atoms with Gasteiger partial charge in [0, 0.05) is 50.5 Å². The second kappa shape index (κ2) is 4.99. The van der Waals surface area contributed by atoms with Gasteiger partial charge in [0.25, 0.3) is 0 Å². The lowest BCUT2D eigenvalue weighted by molar-refractivity contribution is 0.0121. The molecule has 1 saturated heterocycles. The average molecular weight is 251 g/mol. The third-order valence-corrected chi connectivity index (χ3v) is 4.16. The molecule has 0 aromatic carbocycles. The minimum atomic E-state index is 0.0399. The summed E-state index contributed by atoms with van der Waals surface area (Å²) in [6.07, 6.45) is 3.41. The van der Waals surface area contributed by atoms with Crippen LogP contribution in [0.25, 0.3) is 0 Å². The molecule has 1 aromatic rings. The average Bonchev–Trinajstić information content (AvgIpc) is 2.76. The van der Waals surface area contributed by atoms with Crippen molar-refractivity contribution in [3.8, 4) is 0 Å². The number of rotatable bonds is 2. The molecule has 0 bridgehead atoms. The minimum Gasteiger partial charge on any atom is -0.390 e. The van der Waals surface area contributed by atoms with E-state index in [1.165, 1.54) is 17.7 Å². The van der Waals surface area contributed by atoms with Gasteiger partial charge in [-0.15, -0.1) is 0 Å². The van der Waals surface area contributed by atoms with Gasteiger partial charge < -0.3 is 9.84 Å². The van der Waals surface area contributed by atoms with Gasteiger partial charge in [-0.25, -0.2) is 0 Å². The van der Waals surface area contributed by atoms with Crippen LogP contribution in [-0.2, 0) is 31.4 Å². The maximum absolute atomic E-state index is 9.38. The zero-order chi connectivity index (χ0) is 12.5. The molecule has 3 heterocycles. The number of fused-ring (bicyclic) bond motifs is 1. The number of aryl methyl sites for hydroxylation is 1. The predicted octanol–water partition coefficient (Wildman–Crippen LogP) is 0.449. The largest absolute Gasteiger partial charge is 0.390 e. The Bertz CT molecular complexity index is 424. The van der Waals surface area contributed by atoms with Gasteiger partial charge in [-0.2, -0.15) is 5.10 Å². The van der Waals surface area contributed by atoms with Crippen molar-refractivity contribution in [1.29, 1.82) is 0 Å². The lowest BCUT2D eigenvalue weighted by Gasteiger charge is -2.36. The zero-order valence-electron chi connectivity index (χ0n) is 10.9. The molecule has 3 rings (SSSR count). The van der Waals surface area contributed by atoms with Crippen LogP contribution >= 0.6 is 0 Å². The van der Waals surface area contributed by atoms with E-state index in [9.17, 15) is 5.11 Å². The smallest absolute Gasteiger partial charge is 0.0926 e. The molecular weight excluding hydrogens is 230 g/mol. The number of ether oxygens (including phenoxy) is 1. The summed E-state index contributed by atoms with van der Waals surface area (Å²) in [4.78, 5) is 2.49. The maximum atomic E-state index is 9.38. The molecular formula is C13H21N3O2. The molecule has 18 heavy (non-hydrogen) atoms. The van der Waals surface area contributed by atoms with Crippen LogP contribution < -0.4 is 0 Å². The van der Waals surface area contributed by atoms with Crippen LogP contribution in [0.2, 0.25) is 0 Å². The lowest BCUT2D eigenvalue weighted by Crippen LogP contribution is -2.44. The van der Waals surface area contributed by atoms with E-state index in [2.05, 4.69) is 10.00 Å². The Morgan fingerprint density at radius 3 is 3.11 bits per heavy atom. The first-order chi connectivity index (χ1) is 8.79. The highest BCUT2D eigenvalue weighted by Crippen LogP contribution is 2.25. The summed E-state index contributed by atoms with van der Waals surface area (Å²) in [5.41, 5.74) is 3.36. The van der Waals surface area contributed by atoms with Gasteiger partial charge in [0.2, 0.25) is 0 Å². The topological polar surface area (TPSA) is 50.5 Å². The Labute approximate surface area is 107 Å². The van der Waals surface area contributed by atoms with Crippen molar-refractivity contribution in [3.05, 3.63) is 17.0 Å². The zero-order valence-corrected chi connectivity index (χ0v) is 10.9. The molecule has 0 radical (unpaired) electrons. The van der Waals surface area contributed by atoms with E-state index < -0.39 is 0 Å². The Morgan fingerprint density at radius 2 is 2.39 bits per heavy atom. The summed E-state index contributed by atoms with van der Waals surface area (Å²) in [5.74, 6) is 0. The van der Waals surface area contributed by atoms with Crippen LogP contribution in [0.3, 0.4) is 0 Å². The van der Waals surface area contributed by atoms with E-state index >= 15 is 0 Å². The molecule has 0 saturated carbocycles. The van der Waals surface area contributed by atoms with Crippen molar-refractivity contribution in [3.63, 3.8) is 0 Å². The van der Waals surface area contributed by atoms with Crippen molar-refractivity contribution >= 4 is 0 Å². The summed E-state index contributed by atoms with van der Waals surface area (Å²) in [7, 11) is 1.97. The number of nitrogens with zero attached hydrogens (tertiary/aromatic N) is 3. The number of aliphatic hydroxyl groups is 1. The summed E-state index contributed by atoms with van der Waals surface area (Å²) < 4.78 is 7.50. The fraction of sp³-hybridized carbons (Fsp3) is 0.769. The number of hydrogen-bond donors (Lipinski definition) is 1. The monoisotopic (exact) mass is 251 g/mol. The Balaban J connectivity index is 1.79. The molecule has 1 aromatic heterocycles. The predicted molar refractivity (Wildman–Crippen MR) is 67.1 cm³/mol. The Kier molecular flexibility index (Phi) is 3.37. The van der Waals surface area contributed by atoms with Crippen LogP contribution in [0.15, 0.2) is 0 Å². The molecule has 1 atom stereocenters. The molecule has 0 aliphatic carbocycles. The molecule has 1 N–H and O–H groups in total. The van der Waals surface area contributed by atoms with E-state index in [-0.39, 0.29) is 6.61 Å². The minimum absolute atomic E-state index is 0.0399. The third-order valence-electron chi connectivity index (χ3n) is 4.16. The highest BCUT2D eigenvalue weighted by atomic mass is 16.5. The van der Waals surface area contributed by atoms with Gasteiger partial charge in [0.05, 0.1) is 18.9 Å². The summed E-state index contributed by atoms with van der Waals surface area (Å²) >= 11 is 0. The van der Waals surface area contributed by atoms with Crippen molar-refractivity contribution in [1.82, 2.24) is 14.7 Å². The van der Waals surface area contributed by atoms with Crippen molar-refractivity contribution in [2.24, 2.45) is 7.05 Å². The summed E-state index contributed by atoms with van der Waals surface area (Å²) in [6.45, 7) is 3.78. The standard InChI is InChI=1S/C13H21N3O2/c1-15-13-4-5-16(10-3-2-6-18-9-10)7-11(13)12(8-17)14-15/h10,17H,2-9H2,1H3/t10-/m0/s1. The van der Waals surface area contributed by atoms with Gasteiger partial charge in [-0.1, -0.05) is 0 Å². The molecule has 5 nitrogen and oxygen atoms in total. The maximum Gasteiger partial charge on any atom is 0.0926 e. The van der Waals surface area contributed by atoms with Gasteiger partial charge in [-0.05, 0) is 12.8 Å². The van der Waals surface area contributed by atoms with Gasteiger partial charge in [-0.3, -0.25) is 9.58 Å². The quantitative estimate of drug-likeness (QED) is 0.829. The summed E-state index contributed by atoms with van der Waals surface area (Å²) in [6, 6.07) is 0.540.